The monoisotopic (exact) mass is 281 g/mol. The van der Waals surface area contributed by atoms with Gasteiger partial charge in [-0.15, -0.1) is 11.8 Å². The lowest BCUT2D eigenvalue weighted by Gasteiger charge is -2.24. The van der Waals surface area contributed by atoms with Crippen LogP contribution in [0.15, 0.2) is 17.0 Å². The van der Waals surface area contributed by atoms with Crippen LogP contribution in [0.1, 0.15) is 35.7 Å². The van der Waals surface area contributed by atoms with E-state index in [1.165, 1.54) is 12.8 Å². The van der Waals surface area contributed by atoms with Gasteiger partial charge in [-0.3, -0.25) is 4.79 Å². The van der Waals surface area contributed by atoms with Crippen molar-refractivity contribution in [3.63, 3.8) is 0 Å². The van der Waals surface area contributed by atoms with Crippen molar-refractivity contribution in [2.24, 2.45) is 5.92 Å². The first-order chi connectivity index (χ1) is 8.61. The number of hydrogen-bond acceptors (Lipinski definition) is 2. The van der Waals surface area contributed by atoms with Gasteiger partial charge in [0, 0.05) is 22.5 Å². The van der Waals surface area contributed by atoms with Gasteiger partial charge in [-0.1, -0.05) is 11.6 Å². The minimum Gasteiger partial charge on any atom is -0.331 e. The second-order valence-corrected chi connectivity index (χ2v) is 6.44. The minimum absolute atomic E-state index is 0.186. The zero-order valence-corrected chi connectivity index (χ0v) is 12.1. The molecular weight excluding hydrogens is 266 g/mol. The topological polar surface area (TPSA) is 20.3 Å². The third-order valence-corrected chi connectivity index (χ3v) is 4.96. The Bertz CT molecular complexity index is 513. The summed E-state index contributed by atoms with van der Waals surface area (Å²) in [5.74, 6) is 0.891. The standard InChI is InChI=1S/C14H16ClNOS/c1-8(9-3-4-9)16-7-10-5-11(15)6-12(18-2)13(10)14(16)17/h5-6,8-9H,3-4,7H2,1-2H3. The van der Waals surface area contributed by atoms with Crippen molar-refractivity contribution in [2.75, 3.05) is 6.26 Å². The van der Waals surface area contributed by atoms with Crippen LogP contribution in [0.5, 0.6) is 0 Å². The number of carbonyl (C=O) groups excluding carboxylic acids is 1. The fraction of sp³-hybridized carbons (Fsp3) is 0.500. The first-order valence-electron chi connectivity index (χ1n) is 6.29. The van der Waals surface area contributed by atoms with Gasteiger partial charge in [0.1, 0.15) is 0 Å². The van der Waals surface area contributed by atoms with Crippen LogP contribution in [0.4, 0.5) is 0 Å². The summed E-state index contributed by atoms with van der Waals surface area (Å²) in [6, 6.07) is 4.20. The van der Waals surface area contributed by atoms with E-state index in [9.17, 15) is 4.79 Å². The van der Waals surface area contributed by atoms with Crippen molar-refractivity contribution in [2.45, 2.75) is 37.2 Å². The molecule has 1 atom stereocenters. The van der Waals surface area contributed by atoms with Gasteiger partial charge in [0.2, 0.25) is 0 Å². The van der Waals surface area contributed by atoms with E-state index in [4.69, 9.17) is 11.6 Å². The van der Waals surface area contributed by atoms with Gasteiger partial charge in [-0.05, 0) is 49.6 Å². The molecule has 0 spiro atoms. The molecule has 1 heterocycles. The first-order valence-corrected chi connectivity index (χ1v) is 7.89. The summed E-state index contributed by atoms with van der Waals surface area (Å²) in [5, 5.41) is 0.729. The molecule has 2 nitrogen and oxygen atoms in total. The Labute approximate surface area is 117 Å². The molecule has 1 unspecified atom stereocenters. The smallest absolute Gasteiger partial charge is 0.255 e. The van der Waals surface area contributed by atoms with Crippen molar-refractivity contribution in [3.8, 4) is 0 Å². The average Bonchev–Trinajstić information content (AvgIpc) is 3.13. The Kier molecular flexibility index (Phi) is 3.07. The predicted molar refractivity (Wildman–Crippen MR) is 75.3 cm³/mol. The molecule has 1 fully saturated rings. The van der Waals surface area contributed by atoms with E-state index in [0.29, 0.717) is 12.0 Å². The Morgan fingerprint density at radius 3 is 2.78 bits per heavy atom. The van der Waals surface area contributed by atoms with Crippen molar-refractivity contribution >= 4 is 29.3 Å². The van der Waals surface area contributed by atoms with E-state index in [0.717, 1.165) is 27.6 Å². The highest BCUT2D eigenvalue weighted by molar-refractivity contribution is 7.98. The van der Waals surface area contributed by atoms with Gasteiger partial charge in [-0.2, -0.15) is 0 Å². The van der Waals surface area contributed by atoms with Crippen molar-refractivity contribution in [1.82, 2.24) is 4.90 Å². The van der Waals surface area contributed by atoms with Crippen LogP contribution in [0.2, 0.25) is 5.02 Å². The van der Waals surface area contributed by atoms with E-state index < -0.39 is 0 Å². The van der Waals surface area contributed by atoms with Gasteiger partial charge in [0.25, 0.3) is 5.91 Å². The first kappa shape index (κ1) is 12.4. The molecule has 0 radical (unpaired) electrons. The largest absolute Gasteiger partial charge is 0.331 e. The van der Waals surface area contributed by atoms with Crippen molar-refractivity contribution < 1.29 is 4.79 Å². The summed E-state index contributed by atoms with van der Waals surface area (Å²) in [6.45, 7) is 2.89. The SMILES string of the molecule is CSc1cc(Cl)cc2c1C(=O)N(C(C)C1CC1)C2. The van der Waals surface area contributed by atoms with Gasteiger partial charge in [0.15, 0.2) is 0 Å². The molecule has 18 heavy (non-hydrogen) atoms. The molecule has 1 aliphatic carbocycles. The van der Waals surface area contributed by atoms with Gasteiger partial charge < -0.3 is 4.90 Å². The van der Waals surface area contributed by atoms with Crippen LogP contribution < -0.4 is 0 Å². The summed E-state index contributed by atoms with van der Waals surface area (Å²) in [5.41, 5.74) is 1.96. The second kappa shape index (κ2) is 4.46. The number of carbonyl (C=O) groups is 1. The van der Waals surface area contributed by atoms with E-state index in [-0.39, 0.29) is 5.91 Å². The molecule has 0 N–H and O–H groups in total. The number of fused-ring (bicyclic) bond motifs is 1. The third-order valence-electron chi connectivity index (χ3n) is 3.98. The molecule has 96 valence electrons. The summed E-state index contributed by atoms with van der Waals surface area (Å²) < 4.78 is 0. The van der Waals surface area contributed by atoms with E-state index >= 15 is 0 Å². The average molecular weight is 282 g/mol. The Morgan fingerprint density at radius 2 is 2.17 bits per heavy atom. The van der Waals surface area contributed by atoms with Gasteiger partial charge in [-0.25, -0.2) is 0 Å². The number of thioether (sulfide) groups is 1. The Hall–Kier alpha value is -0.670. The summed E-state index contributed by atoms with van der Waals surface area (Å²) in [7, 11) is 0. The van der Waals surface area contributed by atoms with Gasteiger partial charge >= 0.3 is 0 Å². The maximum atomic E-state index is 12.5. The predicted octanol–water partition coefficient (Wildman–Crippen LogP) is 3.82. The molecule has 0 aromatic heterocycles. The highest BCUT2D eigenvalue weighted by atomic mass is 35.5. The van der Waals surface area contributed by atoms with Crippen molar-refractivity contribution in [3.05, 3.63) is 28.3 Å². The molecule has 0 saturated heterocycles. The minimum atomic E-state index is 0.186. The summed E-state index contributed by atoms with van der Waals surface area (Å²) in [6.07, 6.45) is 4.51. The van der Waals surface area contributed by atoms with Crippen molar-refractivity contribution in [1.29, 1.82) is 0 Å². The number of halogens is 1. The van der Waals surface area contributed by atoms with Crippen LogP contribution in [0.3, 0.4) is 0 Å². The zero-order chi connectivity index (χ0) is 12.9. The third kappa shape index (κ3) is 1.94. The molecule has 1 aliphatic heterocycles. The molecule has 1 saturated carbocycles. The van der Waals surface area contributed by atoms with Crippen LogP contribution in [0.25, 0.3) is 0 Å². The van der Waals surface area contributed by atoms with E-state index in [1.54, 1.807) is 11.8 Å². The number of hydrogen-bond donors (Lipinski definition) is 0. The number of rotatable bonds is 3. The summed E-state index contributed by atoms with van der Waals surface area (Å²) >= 11 is 7.71. The van der Waals surface area contributed by atoms with Crippen LogP contribution in [0, 0.1) is 5.92 Å². The van der Waals surface area contributed by atoms with Crippen LogP contribution in [-0.4, -0.2) is 23.1 Å². The highest BCUT2D eigenvalue weighted by Crippen LogP contribution is 2.40. The molecular formula is C14H16ClNOS. The zero-order valence-electron chi connectivity index (χ0n) is 10.6. The molecule has 3 rings (SSSR count). The lowest BCUT2D eigenvalue weighted by Crippen LogP contribution is -2.34. The number of benzene rings is 1. The number of amides is 1. The molecule has 1 aromatic rings. The molecule has 2 aliphatic rings. The number of nitrogens with zero attached hydrogens (tertiary/aromatic N) is 1. The lowest BCUT2D eigenvalue weighted by molar-refractivity contribution is 0.0695. The molecule has 1 aromatic carbocycles. The molecule has 1 amide bonds. The fourth-order valence-electron chi connectivity index (χ4n) is 2.73. The van der Waals surface area contributed by atoms with Crippen LogP contribution in [-0.2, 0) is 6.54 Å². The van der Waals surface area contributed by atoms with Crippen LogP contribution >= 0.6 is 23.4 Å². The Morgan fingerprint density at radius 1 is 1.44 bits per heavy atom. The Balaban J connectivity index is 1.97. The lowest BCUT2D eigenvalue weighted by atomic mass is 10.1. The summed E-state index contributed by atoms with van der Waals surface area (Å²) in [4.78, 5) is 15.6. The van der Waals surface area contributed by atoms with Gasteiger partial charge in [0.05, 0.1) is 5.56 Å². The maximum absolute atomic E-state index is 12.5. The quantitative estimate of drug-likeness (QED) is 0.785. The van der Waals surface area contributed by atoms with E-state index in [2.05, 4.69) is 6.92 Å². The highest BCUT2D eigenvalue weighted by Gasteiger charge is 2.39. The normalized spacial score (nSPS) is 20.2. The second-order valence-electron chi connectivity index (χ2n) is 5.15. The fourth-order valence-corrected chi connectivity index (χ4v) is 3.70. The molecule has 4 heteroatoms. The van der Waals surface area contributed by atoms with E-state index in [1.807, 2.05) is 23.3 Å². The molecule has 0 bridgehead atoms. The maximum Gasteiger partial charge on any atom is 0.255 e.